The molecule has 2 aromatic rings. The predicted molar refractivity (Wildman–Crippen MR) is 86.5 cm³/mol. The fourth-order valence-corrected chi connectivity index (χ4v) is 3.69. The second-order valence-electron chi connectivity index (χ2n) is 5.26. The van der Waals surface area contributed by atoms with Gasteiger partial charge in [-0.2, -0.15) is 0 Å². The first-order valence-electron chi connectivity index (χ1n) is 6.96. The Balaban J connectivity index is 1.87. The number of hydrogen-bond donors (Lipinski definition) is 1. The summed E-state index contributed by atoms with van der Waals surface area (Å²) in [5, 5.41) is 0.487. The number of carbonyl (C=O) groups excluding carboxylic acids is 1. The largest absolute Gasteiger partial charge is 0.493 e. The molecule has 2 aromatic carbocycles. The van der Waals surface area contributed by atoms with E-state index < -0.39 is 15.9 Å². The van der Waals surface area contributed by atoms with Crippen LogP contribution in [0.4, 0.5) is 0 Å². The third-order valence-corrected chi connectivity index (χ3v) is 5.20. The molecule has 7 heteroatoms. The van der Waals surface area contributed by atoms with Gasteiger partial charge in [0.15, 0.2) is 0 Å². The van der Waals surface area contributed by atoms with Gasteiger partial charge in [-0.1, -0.05) is 11.6 Å². The van der Waals surface area contributed by atoms with Crippen LogP contribution < -0.4 is 9.46 Å². The van der Waals surface area contributed by atoms with Gasteiger partial charge in [0.2, 0.25) is 0 Å². The molecule has 1 aliphatic rings. The Bertz CT molecular complexity index is 893. The van der Waals surface area contributed by atoms with Crippen molar-refractivity contribution in [1.29, 1.82) is 0 Å². The first-order chi connectivity index (χ1) is 10.9. The summed E-state index contributed by atoms with van der Waals surface area (Å²) in [4.78, 5) is 12.3. The Kier molecular flexibility index (Phi) is 4.04. The quantitative estimate of drug-likeness (QED) is 0.922. The van der Waals surface area contributed by atoms with Crippen LogP contribution in [0.2, 0.25) is 5.02 Å². The van der Waals surface area contributed by atoms with Gasteiger partial charge in [0, 0.05) is 17.0 Å². The predicted octanol–water partition coefficient (Wildman–Crippen LogP) is 2.70. The normalized spacial score (nSPS) is 13.3. The molecule has 3 rings (SSSR count). The molecule has 23 heavy (non-hydrogen) atoms. The maximum absolute atomic E-state index is 12.4. The molecular formula is C16H14ClNO4S. The number of aryl methyl sites for hydroxylation is 1. The van der Waals surface area contributed by atoms with Crippen LogP contribution in [-0.4, -0.2) is 20.9 Å². The minimum atomic E-state index is -3.94. The average Bonchev–Trinajstić information content (AvgIpc) is 2.93. The van der Waals surface area contributed by atoms with Crippen molar-refractivity contribution in [1.82, 2.24) is 4.72 Å². The van der Waals surface area contributed by atoms with Crippen molar-refractivity contribution in [2.24, 2.45) is 0 Å². The zero-order chi connectivity index (χ0) is 16.6. The Hall–Kier alpha value is -2.05. The van der Waals surface area contributed by atoms with E-state index in [9.17, 15) is 13.2 Å². The van der Waals surface area contributed by atoms with Crippen LogP contribution in [-0.2, 0) is 16.4 Å². The molecule has 0 bridgehead atoms. The molecule has 0 radical (unpaired) electrons. The van der Waals surface area contributed by atoms with Gasteiger partial charge in [0.25, 0.3) is 15.9 Å². The summed E-state index contributed by atoms with van der Waals surface area (Å²) in [7, 11) is -3.94. The summed E-state index contributed by atoms with van der Waals surface area (Å²) in [6, 6.07) is 9.22. The van der Waals surface area contributed by atoms with Crippen LogP contribution in [0.1, 0.15) is 21.5 Å². The van der Waals surface area contributed by atoms with Gasteiger partial charge < -0.3 is 4.74 Å². The molecule has 5 nitrogen and oxygen atoms in total. The number of benzene rings is 2. The van der Waals surface area contributed by atoms with Crippen molar-refractivity contribution >= 4 is 27.5 Å². The molecule has 1 N–H and O–H groups in total. The van der Waals surface area contributed by atoms with E-state index in [0.29, 0.717) is 29.4 Å². The molecular weight excluding hydrogens is 338 g/mol. The van der Waals surface area contributed by atoms with Crippen molar-refractivity contribution in [2.45, 2.75) is 18.2 Å². The third-order valence-electron chi connectivity index (χ3n) is 3.63. The van der Waals surface area contributed by atoms with Gasteiger partial charge in [-0.3, -0.25) is 4.79 Å². The number of amides is 1. The van der Waals surface area contributed by atoms with E-state index in [2.05, 4.69) is 4.72 Å². The van der Waals surface area contributed by atoms with Crippen LogP contribution in [0.3, 0.4) is 0 Å². The standard InChI is InChI=1S/C16H14ClNO4S/c1-10-8-12(17)2-4-14(10)16(19)18-23(20,21)13-3-5-15-11(9-13)6-7-22-15/h2-5,8-9H,6-7H2,1H3,(H,18,19). The summed E-state index contributed by atoms with van der Waals surface area (Å²) in [5.74, 6) is -0.000243. The highest BCUT2D eigenvalue weighted by Crippen LogP contribution is 2.27. The molecule has 1 aliphatic heterocycles. The smallest absolute Gasteiger partial charge is 0.265 e. The van der Waals surface area contributed by atoms with E-state index >= 15 is 0 Å². The highest BCUT2D eigenvalue weighted by atomic mass is 35.5. The number of rotatable bonds is 3. The van der Waals surface area contributed by atoms with Crippen LogP contribution in [0.5, 0.6) is 5.75 Å². The van der Waals surface area contributed by atoms with Crippen LogP contribution in [0.25, 0.3) is 0 Å². The molecule has 0 fully saturated rings. The van der Waals surface area contributed by atoms with E-state index in [1.165, 1.54) is 18.2 Å². The first kappa shape index (κ1) is 15.8. The second kappa shape index (κ2) is 5.86. The lowest BCUT2D eigenvalue weighted by Crippen LogP contribution is -2.31. The summed E-state index contributed by atoms with van der Waals surface area (Å²) >= 11 is 5.84. The fraction of sp³-hybridized carbons (Fsp3) is 0.188. The maximum atomic E-state index is 12.4. The Morgan fingerprint density at radius 3 is 2.74 bits per heavy atom. The number of nitrogens with one attached hydrogen (secondary N) is 1. The first-order valence-corrected chi connectivity index (χ1v) is 8.82. The van der Waals surface area contributed by atoms with Gasteiger partial charge in [0.05, 0.1) is 11.5 Å². The lowest BCUT2D eigenvalue weighted by molar-refractivity contribution is 0.0981. The molecule has 0 unspecified atom stereocenters. The minimum absolute atomic E-state index is 0.0433. The summed E-state index contributed by atoms with van der Waals surface area (Å²) in [5.41, 5.74) is 1.69. The highest BCUT2D eigenvalue weighted by Gasteiger charge is 2.22. The Morgan fingerprint density at radius 2 is 2.00 bits per heavy atom. The van der Waals surface area contributed by atoms with Crippen LogP contribution in [0, 0.1) is 6.92 Å². The third kappa shape index (κ3) is 3.18. The number of fused-ring (bicyclic) bond motifs is 1. The lowest BCUT2D eigenvalue weighted by atomic mass is 10.1. The Labute approximate surface area is 139 Å². The SMILES string of the molecule is Cc1cc(Cl)ccc1C(=O)NS(=O)(=O)c1ccc2c(c1)CCO2. The Morgan fingerprint density at radius 1 is 1.22 bits per heavy atom. The second-order valence-corrected chi connectivity index (χ2v) is 7.38. The van der Waals surface area contributed by atoms with Gasteiger partial charge in [-0.15, -0.1) is 0 Å². The number of carbonyl (C=O) groups is 1. The van der Waals surface area contributed by atoms with E-state index in [1.807, 2.05) is 0 Å². The molecule has 0 atom stereocenters. The van der Waals surface area contributed by atoms with Crippen molar-refractivity contribution in [2.75, 3.05) is 6.61 Å². The summed E-state index contributed by atoms with van der Waals surface area (Å²) in [6.45, 7) is 2.23. The van der Waals surface area contributed by atoms with Gasteiger partial charge in [-0.05, 0) is 54.4 Å². The average molecular weight is 352 g/mol. The van der Waals surface area contributed by atoms with Gasteiger partial charge >= 0.3 is 0 Å². The van der Waals surface area contributed by atoms with Crippen molar-refractivity contribution in [3.05, 3.63) is 58.1 Å². The number of ether oxygens (including phenoxy) is 1. The van der Waals surface area contributed by atoms with Crippen molar-refractivity contribution in [3.63, 3.8) is 0 Å². The molecule has 0 aliphatic carbocycles. The maximum Gasteiger partial charge on any atom is 0.265 e. The van der Waals surface area contributed by atoms with E-state index in [0.717, 1.165) is 5.56 Å². The fourth-order valence-electron chi connectivity index (χ4n) is 2.45. The molecule has 120 valence electrons. The summed E-state index contributed by atoms with van der Waals surface area (Å²) < 4.78 is 32.2. The van der Waals surface area contributed by atoms with E-state index in [-0.39, 0.29) is 10.5 Å². The number of sulfonamides is 1. The molecule has 0 saturated carbocycles. The molecule has 1 amide bonds. The van der Waals surface area contributed by atoms with Crippen LogP contribution >= 0.6 is 11.6 Å². The molecule has 0 saturated heterocycles. The van der Waals surface area contributed by atoms with E-state index in [4.69, 9.17) is 16.3 Å². The monoisotopic (exact) mass is 351 g/mol. The lowest BCUT2D eigenvalue weighted by Gasteiger charge is -2.10. The van der Waals surface area contributed by atoms with Crippen molar-refractivity contribution < 1.29 is 17.9 Å². The molecule has 0 aromatic heterocycles. The highest BCUT2D eigenvalue weighted by molar-refractivity contribution is 7.90. The number of hydrogen-bond acceptors (Lipinski definition) is 4. The minimum Gasteiger partial charge on any atom is -0.493 e. The molecule has 1 heterocycles. The topological polar surface area (TPSA) is 72.5 Å². The van der Waals surface area contributed by atoms with Gasteiger partial charge in [-0.25, -0.2) is 13.1 Å². The molecule has 0 spiro atoms. The summed E-state index contributed by atoms with van der Waals surface area (Å²) in [6.07, 6.45) is 0.656. The van der Waals surface area contributed by atoms with Crippen LogP contribution in [0.15, 0.2) is 41.3 Å². The van der Waals surface area contributed by atoms with Crippen molar-refractivity contribution in [3.8, 4) is 5.75 Å². The van der Waals surface area contributed by atoms with Gasteiger partial charge in [0.1, 0.15) is 5.75 Å². The zero-order valence-corrected chi connectivity index (χ0v) is 13.9. The zero-order valence-electron chi connectivity index (χ0n) is 12.3. The van der Waals surface area contributed by atoms with E-state index in [1.54, 1.807) is 25.1 Å². The number of halogens is 1.